The van der Waals surface area contributed by atoms with Crippen molar-refractivity contribution in [1.29, 1.82) is 0 Å². The number of hydrogen-bond donors (Lipinski definition) is 1. The van der Waals surface area contributed by atoms with Gasteiger partial charge in [-0.2, -0.15) is 0 Å². The van der Waals surface area contributed by atoms with Gasteiger partial charge < -0.3 is 14.8 Å². The Morgan fingerprint density at radius 1 is 0.821 bits per heavy atom. The number of hydrogen-bond acceptors (Lipinski definition) is 6. The van der Waals surface area contributed by atoms with Crippen LogP contribution in [-0.4, -0.2) is 47.8 Å². The summed E-state index contributed by atoms with van der Waals surface area (Å²) >= 11 is 0. The number of para-hydroxylation sites is 2. The highest BCUT2D eigenvalue weighted by Gasteiger charge is 2.62. The third-order valence-corrected chi connectivity index (χ3v) is 8.02. The molecule has 8 heteroatoms. The summed E-state index contributed by atoms with van der Waals surface area (Å²) in [6.45, 7) is 3.17. The van der Waals surface area contributed by atoms with E-state index in [2.05, 4.69) is 5.32 Å². The molecule has 198 valence electrons. The molecular weight excluding hydrogens is 496 g/mol. The summed E-state index contributed by atoms with van der Waals surface area (Å²) in [7, 11) is 0. The first-order valence-corrected chi connectivity index (χ1v) is 13.1. The number of ether oxygens (including phenoxy) is 2. The number of benzene rings is 3. The van der Waals surface area contributed by atoms with E-state index in [0.717, 1.165) is 27.2 Å². The normalized spacial score (nSPS) is 23.0. The Morgan fingerprint density at radius 3 is 1.82 bits per heavy atom. The summed E-state index contributed by atoms with van der Waals surface area (Å²) in [4.78, 5) is 54.1. The minimum Gasteiger partial charge on any atom is -0.492 e. The van der Waals surface area contributed by atoms with Gasteiger partial charge in [-0.25, -0.2) is 4.79 Å². The molecular formula is C31H28N2O6. The van der Waals surface area contributed by atoms with E-state index in [9.17, 15) is 19.2 Å². The predicted octanol–water partition coefficient (Wildman–Crippen LogP) is 3.85. The van der Waals surface area contributed by atoms with E-state index in [-0.39, 0.29) is 23.7 Å². The molecule has 3 atom stereocenters. The number of rotatable bonds is 7. The second-order valence-electron chi connectivity index (χ2n) is 10.1. The lowest BCUT2D eigenvalue weighted by atomic mass is 9.55. The Kier molecular flexibility index (Phi) is 6.17. The molecule has 3 aromatic carbocycles. The molecule has 0 saturated carbocycles. The van der Waals surface area contributed by atoms with E-state index in [4.69, 9.17) is 9.47 Å². The Hall–Kier alpha value is -4.46. The molecule has 1 fully saturated rings. The summed E-state index contributed by atoms with van der Waals surface area (Å²) in [6, 6.07) is 21.7. The van der Waals surface area contributed by atoms with Crippen LogP contribution in [0, 0.1) is 11.8 Å². The van der Waals surface area contributed by atoms with Crippen LogP contribution in [-0.2, 0) is 23.9 Å². The lowest BCUT2D eigenvalue weighted by molar-refractivity contribution is -0.159. The summed E-state index contributed by atoms with van der Waals surface area (Å²) in [5, 5.41) is 2.67. The third-order valence-electron chi connectivity index (χ3n) is 8.02. The maximum Gasteiger partial charge on any atom is 0.329 e. The second-order valence-corrected chi connectivity index (χ2v) is 10.1. The highest BCUT2D eigenvalue weighted by atomic mass is 16.5. The van der Waals surface area contributed by atoms with E-state index in [1.165, 1.54) is 6.92 Å². The van der Waals surface area contributed by atoms with Gasteiger partial charge >= 0.3 is 5.97 Å². The van der Waals surface area contributed by atoms with Crippen molar-refractivity contribution in [2.75, 3.05) is 18.5 Å². The van der Waals surface area contributed by atoms with Crippen molar-refractivity contribution in [2.45, 2.75) is 31.7 Å². The fourth-order valence-corrected chi connectivity index (χ4v) is 6.48. The first kappa shape index (κ1) is 24.9. The molecule has 4 aliphatic rings. The number of anilines is 1. The molecule has 1 N–H and O–H groups in total. The zero-order valence-electron chi connectivity index (χ0n) is 21.6. The average Bonchev–Trinajstić information content (AvgIpc) is 3.22. The first-order chi connectivity index (χ1) is 18.9. The minimum atomic E-state index is -1.16. The van der Waals surface area contributed by atoms with Crippen molar-refractivity contribution in [1.82, 2.24) is 4.90 Å². The Labute approximate surface area is 225 Å². The van der Waals surface area contributed by atoms with E-state index < -0.39 is 36.4 Å². The monoisotopic (exact) mass is 524 g/mol. The molecule has 8 nitrogen and oxygen atoms in total. The molecule has 1 heterocycles. The van der Waals surface area contributed by atoms with Crippen molar-refractivity contribution in [2.24, 2.45) is 11.8 Å². The van der Waals surface area contributed by atoms with Crippen LogP contribution in [0.3, 0.4) is 0 Å². The van der Waals surface area contributed by atoms with Gasteiger partial charge in [-0.1, -0.05) is 60.7 Å². The van der Waals surface area contributed by atoms with E-state index in [1.54, 1.807) is 24.3 Å². The smallest absolute Gasteiger partial charge is 0.329 e. The van der Waals surface area contributed by atoms with E-state index >= 15 is 0 Å². The van der Waals surface area contributed by atoms with Crippen molar-refractivity contribution in [3.63, 3.8) is 0 Å². The van der Waals surface area contributed by atoms with Crippen molar-refractivity contribution in [3.05, 3.63) is 95.1 Å². The maximum absolute atomic E-state index is 13.8. The molecule has 39 heavy (non-hydrogen) atoms. The third kappa shape index (κ3) is 3.90. The van der Waals surface area contributed by atoms with Crippen molar-refractivity contribution in [3.8, 4) is 5.75 Å². The molecule has 2 bridgehead atoms. The topological polar surface area (TPSA) is 102 Å². The van der Waals surface area contributed by atoms with Crippen molar-refractivity contribution >= 4 is 29.4 Å². The number of esters is 1. The molecule has 1 aliphatic heterocycles. The fraction of sp³-hybridized carbons (Fsp3) is 0.290. The van der Waals surface area contributed by atoms with Crippen LogP contribution in [0.2, 0.25) is 0 Å². The lowest BCUT2D eigenvalue weighted by Crippen LogP contribution is -2.45. The van der Waals surface area contributed by atoms with Gasteiger partial charge in [0.15, 0.2) is 6.61 Å². The second kappa shape index (κ2) is 9.69. The number of carbonyl (C=O) groups is 4. The number of nitrogens with zero attached hydrogens (tertiary/aromatic N) is 1. The number of likely N-dealkylation sites (tertiary alicyclic amines) is 1. The number of nitrogens with one attached hydrogen (secondary N) is 1. The van der Waals surface area contributed by atoms with Gasteiger partial charge in [-0.05, 0) is 48.2 Å². The largest absolute Gasteiger partial charge is 0.492 e. The van der Waals surface area contributed by atoms with Gasteiger partial charge in [0.05, 0.1) is 24.1 Å². The maximum atomic E-state index is 13.8. The molecule has 3 aromatic rings. The average molecular weight is 525 g/mol. The fourth-order valence-electron chi connectivity index (χ4n) is 6.48. The summed E-state index contributed by atoms with van der Waals surface area (Å²) in [5.74, 6) is -3.29. The van der Waals surface area contributed by atoms with Crippen LogP contribution in [0.25, 0.3) is 0 Å². The number of imide groups is 1. The minimum absolute atomic E-state index is 0.256. The Balaban J connectivity index is 1.19. The molecule has 0 aromatic heterocycles. The lowest BCUT2D eigenvalue weighted by Gasteiger charge is -2.45. The first-order valence-electron chi connectivity index (χ1n) is 13.1. The van der Waals surface area contributed by atoms with Crippen LogP contribution in [0.4, 0.5) is 5.69 Å². The SMILES string of the molecule is CCOc1ccccc1NC(=O)COC(=O)[C@@H](C)N1C(=O)[C@@H]2C3c4ccccc4C(c4ccccc43)[C@@H]2C1=O. The summed E-state index contributed by atoms with van der Waals surface area (Å²) in [6.07, 6.45) is 0. The quantitative estimate of drug-likeness (QED) is 0.372. The zero-order valence-corrected chi connectivity index (χ0v) is 21.6. The van der Waals surface area contributed by atoms with E-state index in [1.807, 2.05) is 55.5 Å². The van der Waals surface area contributed by atoms with Crippen LogP contribution < -0.4 is 10.1 Å². The molecule has 7 rings (SSSR count). The zero-order chi connectivity index (χ0) is 27.3. The van der Waals surface area contributed by atoms with Gasteiger partial charge in [0, 0.05) is 11.8 Å². The van der Waals surface area contributed by atoms with Crippen molar-refractivity contribution < 1.29 is 28.7 Å². The van der Waals surface area contributed by atoms with Gasteiger partial charge in [-0.3, -0.25) is 19.3 Å². The van der Waals surface area contributed by atoms with E-state index in [0.29, 0.717) is 18.0 Å². The molecule has 1 saturated heterocycles. The van der Waals surface area contributed by atoms with Gasteiger partial charge in [-0.15, -0.1) is 0 Å². The summed E-state index contributed by atoms with van der Waals surface area (Å²) in [5.41, 5.74) is 4.70. The predicted molar refractivity (Wildman–Crippen MR) is 142 cm³/mol. The molecule has 0 spiro atoms. The standard InChI is InChI=1S/C31H28N2O6/c1-3-38-23-15-9-8-14-22(23)32-24(34)16-39-31(37)17(2)33-29(35)27-25-18-10-4-5-11-19(18)26(28(27)30(33)36)21-13-7-6-12-20(21)25/h4-15,17,25-28H,3,16H2,1-2H3,(H,32,34)/t17-,25?,26?,27-,28+/m1/s1. The molecule has 0 radical (unpaired) electrons. The van der Waals surface area contributed by atoms with Crippen LogP contribution >= 0.6 is 0 Å². The molecule has 0 unspecified atom stereocenters. The van der Waals surface area contributed by atoms with Gasteiger partial charge in [0.25, 0.3) is 5.91 Å². The highest BCUT2D eigenvalue weighted by molar-refractivity contribution is 6.10. The highest BCUT2D eigenvalue weighted by Crippen LogP contribution is 2.61. The Morgan fingerprint density at radius 2 is 1.31 bits per heavy atom. The number of amides is 3. The van der Waals surface area contributed by atoms with Gasteiger partial charge in [0.2, 0.25) is 11.8 Å². The van der Waals surface area contributed by atoms with Crippen LogP contribution in [0.15, 0.2) is 72.8 Å². The molecule has 3 aliphatic carbocycles. The van der Waals surface area contributed by atoms with Gasteiger partial charge in [0.1, 0.15) is 11.8 Å². The van der Waals surface area contributed by atoms with Crippen LogP contribution in [0.5, 0.6) is 5.75 Å². The van der Waals surface area contributed by atoms with Crippen LogP contribution in [0.1, 0.15) is 47.9 Å². The number of carbonyl (C=O) groups excluding carboxylic acids is 4. The Bertz CT molecular complexity index is 1380. The molecule has 3 amide bonds. The summed E-state index contributed by atoms with van der Waals surface area (Å²) < 4.78 is 10.8.